The monoisotopic (exact) mass is 329 g/mol. The molecule has 21 heavy (non-hydrogen) atoms. The van der Waals surface area contributed by atoms with E-state index in [1.165, 1.54) is 25.7 Å². The number of hydrogen-bond acceptors (Lipinski definition) is 2. The zero-order valence-electron chi connectivity index (χ0n) is 12.9. The van der Waals surface area contributed by atoms with E-state index < -0.39 is 6.10 Å². The summed E-state index contributed by atoms with van der Waals surface area (Å²) < 4.78 is 0. The standard InChI is InChI=1S/C17H25Cl2NO/c1-20(2)17(9-5-3-4-6-10-17)16(21)12-13-11-14(18)7-8-15(13)19/h7-8,11,16,21H,3-6,9-10,12H2,1-2H3. The summed E-state index contributed by atoms with van der Waals surface area (Å²) in [6.07, 6.45) is 7.09. The Kier molecular flexibility index (Phi) is 5.96. The van der Waals surface area contributed by atoms with Gasteiger partial charge in [0.25, 0.3) is 0 Å². The molecular formula is C17H25Cl2NO. The summed E-state index contributed by atoms with van der Waals surface area (Å²) in [7, 11) is 4.15. The molecule has 0 amide bonds. The lowest BCUT2D eigenvalue weighted by Crippen LogP contribution is -2.54. The predicted molar refractivity (Wildman–Crippen MR) is 90.3 cm³/mol. The molecule has 4 heteroatoms. The summed E-state index contributed by atoms with van der Waals surface area (Å²) in [5.41, 5.74) is 0.782. The molecule has 1 aromatic rings. The minimum Gasteiger partial charge on any atom is -0.391 e. The van der Waals surface area contributed by atoms with E-state index in [-0.39, 0.29) is 5.54 Å². The Hall–Kier alpha value is -0.280. The minimum atomic E-state index is -0.429. The van der Waals surface area contributed by atoms with Crippen molar-refractivity contribution >= 4 is 23.2 Å². The molecule has 0 bridgehead atoms. The molecule has 0 aromatic heterocycles. The van der Waals surface area contributed by atoms with Crippen molar-refractivity contribution in [2.24, 2.45) is 0 Å². The lowest BCUT2D eigenvalue weighted by Gasteiger charge is -2.43. The normalized spacial score (nSPS) is 20.3. The molecule has 0 spiro atoms. The topological polar surface area (TPSA) is 23.5 Å². The summed E-state index contributed by atoms with van der Waals surface area (Å²) in [5.74, 6) is 0. The van der Waals surface area contributed by atoms with Crippen molar-refractivity contribution in [3.8, 4) is 0 Å². The third-order valence-electron chi connectivity index (χ3n) is 4.90. The smallest absolute Gasteiger partial charge is 0.0764 e. The van der Waals surface area contributed by atoms with Gasteiger partial charge in [0, 0.05) is 22.0 Å². The van der Waals surface area contributed by atoms with Gasteiger partial charge in [-0.15, -0.1) is 0 Å². The van der Waals surface area contributed by atoms with Crippen molar-refractivity contribution in [1.82, 2.24) is 4.90 Å². The maximum atomic E-state index is 10.9. The lowest BCUT2D eigenvalue weighted by molar-refractivity contribution is -0.0174. The third-order valence-corrected chi connectivity index (χ3v) is 5.51. The molecule has 0 heterocycles. The van der Waals surface area contributed by atoms with Gasteiger partial charge in [-0.3, -0.25) is 0 Å². The van der Waals surface area contributed by atoms with Crippen molar-refractivity contribution in [1.29, 1.82) is 0 Å². The van der Waals surface area contributed by atoms with Gasteiger partial charge in [-0.2, -0.15) is 0 Å². The first-order valence-corrected chi connectivity index (χ1v) is 8.51. The second-order valence-electron chi connectivity index (χ2n) is 6.37. The van der Waals surface area contributed by atoms with Crippen LogP contribution >= 0.6 is 23.2 Å². The molecule has 0 saturated heterocycles. The summed E-state index contributed by atoms with van der Waals surface area (Å²) >= 11 is 12.3. The highest BCUT2D eigenvalue weighted by molar-refractivity contribution is 6.33. The van der Waals surface area contributed by atoms with Gasteiger partial charge < -0.3 is 10.0 Å². The number of aliphatic hydroxyl groups is 1. The zero-order valence-corrected chi connectivity index (χ0v) is 14.4. The molecule has 1 atom stereocenters. The Morgan fingerprint density at radius 1 is 1.14 bits per heavy atom. The average Bonchev–Trinajstić information content (AvgIpc) is 2.69. The molecule has 1 aliphatic rings. The zero-order chi connectivity index (χ0) is 15.5. The van der Waals surface area contributed by atoms with Gasteiger partial charge in [0.15, 0.2) is 0 Å². The number of aliphatic hydroxyl groups excluding tert-OH is 1. The number of likely N-dealkylation sites (N-methyl/N-ethyl adjacent to an activating group) is 1. The number of hydrogen-bond donors (Lipinski definition) is 1. The van der Waals surface area contributed by atoms with E-state index >= 15 is 0 Å². The minimum absolute atomic E-state index is 0.151. The fraction of sp³-hybridized carbons (Fsp3) is 0.647. The van der Waals surface area contributed by atoms with E-state index in [0.29, 0.717) is 16.5 Å². The molecule has 2 rings (SSSR count). The second kappa shape index (κ2) is 7.32. The Labute approximate surface area is 138 Å². The van der Waals surface area contributed by atoms with Crippen LogP contribution in [0.1, 0.15) is 44.1 Å². The Morgan fingerprint density at radius 2 is 1.76 bits per heavy atom. The Bertz CT molecular complexity index is 468. The molecule has 1 aromatic carbocycles. The van der Waals surface area contributed by atoms with Gasteiger partial charge in [0.1, 0.15) is 0 Å². The van der Waals surface area contributed by atoms with Crippen LogP contribution in [0.4, 0.5) is 0 Å². The summed E-state index contributed by atoms with van der Waals surface area (Å²) in [4.78, 5) is 2.21. The van der Waals surface area contributed by atoms with Crippen molar-refractivity contribution in [3.05, 3.63) is 33.8 Å². The quantitative estimate of drug-likeness (QED) is 0.819. The van der Waals surface area contributed by atoms with E-state index in [1.54, 1.807) is 12.1 Å². The van der Waals surface area contributed by atoms with E-state index in [0.717, 1.165) is 18.4 Å². The highest BCUT2D eigenvalue weighted by atomic mass is 35.5. The first-order valence-electron chi connectivity index (χ1n) is 7.75. The molecule has 0 radical (unpaired) electrons. The van der Waals surface area contributed by atoms with Crippen LogP contribution in [-0.4, -0.2) is 35.7 Å². The van der Waals surface area contributed by atoms with E-state index in [4.69, 9.17) is 23.2 Å². The van der Waals surface area contributed by atoms with Gasteiger partial charge in [-0.1, -0.05) is 48.9 Å². The maximum absolute atomic E-state index is 10.9. The van der Waals surface area contributed by atoms with Crippen molar-refractivity contribution in [2.45, 2.75) is 56.6 Å². The van der Waals surface area contributed by atoms with Crippen molar-refractivity contribution < 1.29 is 5.11 Å². The predicted octanol–water partition coefficient (Wildman–Crippen LogP) is 4.55. The highest BCUT2D eigenvalue weighted by Gasteiger charge is 2.40. The van der Waals surface area contributed by atoms with Crippen LogP contribution in [0.3, 0.4) is 0 Å². The van der Waals surface area contributed by atoms with Crippen LogP contribution in [0.25, 0.3) is 0 Å². The van der Waals surface area contributed by atoms with Crippen LogP contribution in [-0.2, 0) is 6.42 Å². The first-order chi connectivity index (χ1) is 9.95. The van der Waals surface area contributed by atoms with E-state index in [2.05, 4.69) is 19.0 Å². The third kappa shape index (κ3) is 3.92. The molecule has 2 nitrogen and oxygen atoms in total. The van der Waals surface area contributed by atoms with Gasteiger partial charge >= 0.3 is 0 Å². The van der Waals surface area contributed by atoms with Crippen LogP contribution < -0.4 is 0 Å². The number of benzene rings is 1. The van der Waals surface area contributed by atoms with E-state index in [9.17, 15) is 5.11 Å². The van der Waals surface area contributed by atoms with Crippen molar-refractivity contribution in [2.75, 3.05) is 14.1 Å². The summed E-state index contributed by atoms with van der Waals surface area (Å²) in [6.45, 7) is 0. The summed E-state index contributed by atoms with van der Waals surface area (Å²) in [5, 5.41) is 12.3. The van der Waals surface area contributed by atoms with Crippen LogP contribution in [0, 0.1) is 0 Å². The highest BCUT2D eigenvalue weighted by Crippen LogP contribution is 2.36. The fourth-order valence-electron chi connectivity index (χ4n) is 3.52. The molecule has 118 valence electrons. The molecule has 1 N–H and O–H groups in total. The SMILES string of the molecule is CN(C)C1(C(O)Cc2cc(Cl)ccc2Cl)CCCCCC1. The average molecular weight is 330 g/mol. The van der Waals surface area contributed by atoms with Gasteiger partial charge in [0.2, 0.25) is 0 Å². The van der Waals surface area contributed by atoms with Gasteiger partial charge in [-0.25, -0.2) is 0 Å². The molecule has 1 unspecified atom stereocenters. The molecule has 1 fully saturated rings. The molecule has 1 aliphatic carbocycles. The van der Waals surface area contributed by atoms with Gasteiger partial charge in [-0.05, 0) is 50.7 Å². The van der Waals surface area contributed by atoms with Gasteiger partial charge in [0.05, 0.1) is 6.10 Å². The van der Waals surface area contributed by atoms with Crippen LogP contribution in [0.5, 0.6) is 0 Å². The largest absolute Gasteiger partial charge is 0.391 e. The van der Waals surface area contributed by atoms with Crippen LogP contribution in [0.2, 0.25) is 10.0 Å². The maximum Gasteiger partial charge on any atom is 0.0764 e. The second-order valence-corrected chi connectivity index (χ2v) is 7.21. The molecular weight excluding hydrogens is 305 g/mol. The Morgan fingerprint density at radius 3 is 2.33 bits per heavy atom. The van der Waals surface area contributed by atoms with E-state index in [1.807, 2.05) is 6.07 Å². The first kappa shape index (κ1) is 17.1. The Balaban J connectivity index is 2.22. The fourth-order valence-corrected chi connectivity index (χ4v) is 3.91. The van der Waals surface area contributed by atoms with Crippen LogP contribution in [0.15, 0.2) is 18.2 Å². The number of rotatable bonds is 4. The van der Waals surface area contributed by atoms with Crippen molar-refractivity contribution in [3.63, 3.8) is 0 Å². The number of halogens is 2. The number of nitrogens with zero attached hydrogens (tertiary/aromatic N) is 1. The molecule has 0 aliphatic heterocycles. The summed E-state index contributed by atoms with van der Waals surface area (Å²) in [6, 6.07) is 5.46. The molecule has 1 saturated carbocycles. The lowest BCUT2D eigenvalue weighted by atomic mass is 9.80.